The molecular weight excluding hydrogens is 350 g/mol. The number of hydrogen-bond acceptors (Lipinski definition) is 3. The van der Waals surface area contributed by atoms with Crippen LogP contribution < -0.4 is 0 Å². The number of hydrogen-bond donors (Lipinski definition) is 3. The number of phenols is 1. The topological polar surface area (TPSA) is 60.7 Å². The minimum atomic E-state index is -2.90. The number of aliphatic hydroxyl groups excluding tert-OH is 1. The van der Waals surface area contributed by atoms with Crippen LogP contribution >= 0.6 is 0 Å². The maximum atomic E-state index is 13.3. The first kappa shape index (κ1) is 18.7. The third-order valence-electron chi connectivity index (χ3n) is 7.79. The largest absolute Gasteiger partial charge is 0.508 e. The van der Waals surface area contributed by atoms with E-state index in [0.717, 1.165) is 36.8 Å². The van der Waals surface area contributed by atoms with E-state index in [1.54, 1.807) is 6.07 Å². The van der Waals surface area contributed by atoms with E-state index >= 15 is 0 Å². The Labute approximate surface area is 158 Å². The normalized spacial score (nSPS) is 38.6. The van der Waals surface area contributed by atoms with Gasteiger partial charge in [-0.15, -0.1) is 6.42 Å². The quantitative estimate of drug-likeness (QED) is 0.686. The van der Waals surface area contributed by atoms with Crippen LogP contribution in [0.4, 0.5) is 8.78 Å². The molecule has 1 aromatic carbocycles. The third kappa shape index (κ3) is 2.53. The van der Waals surface area contributed by atoms with Gasteiger partial charge in [0.25, 0.3) is 6.43 Å². The zero-order chi connectivity index (χ0) is 19.6. The number of terminal acetylenes is 1. The van der Waals surface area contributed by atoms with E-state index in [4.69, 9.17) is 6.42 Å². The summed E-state index contributed by atoms with van der Waals surface area (Å²) < 4.78 is 26.6. The van der Waals surface area contributed by atoms with Crippen molar-refractivity contribution < 1.29 is 24.1 Å². The third-order valence-corrected chi connectivity index (χ3v) is 7.79. The Hall–Kier alpha value is -1.64. The fourth-order valence-electron chi connectivity index (χ4n) is 6.38. The first-order valence-corrected chi connectivity index (χ1v) is 9.74. The van der Waals surface area contributed by atoms with Crippen molar-refractivity contribution in [3.63, 3.8) is 0 Å². The summed E-state index contributed by atoms with van der Waals surface area (Å²) in [5, 5.41) is 31.1. The Bertz CT molecular complexity index is 801. The summed E-state index contributed by atoms with van der Waals surface area (Å²) >= 11 is 0. The fraction of sp³-hybridized carbons (Fsp3) is 0.636. The molecule has 2 fully saturated rings. The Morgan fingerprint density at radius 2 is 1.96 bits per heavy atom. The highest BCUT2D eigenvalue weighted by Crippen LogP contribution is 2.64. The van der Waals surface area contributed by atoms with Gasteiger partial charge in [-0.25, -0.2) is 8.78 Å². The van der Waals surface area contributed by atoms with Crippen molar-refractivity contribution >= 4 is 0 Å². The maximum absolute atomic E-state index is 13.3. The molecule has 1 aromatic rings. The van der Waals surface area contributed by atoms with Crippen LogP contribution in [0.25, 0.3) is 0 Å². The summed E-state index contributed by atoms with van der Waals surface area (Å²) in [4.78, 5) is 0. The monoisotopic (exact) mass is 376 g/mol. The molecule has 3 N–H and O–H groups in total. The molecule has 3 nitrogen and oxygen atoms in total. The first-order valence-electron chi connectivity index (χ1n) is 9.74. The lowest BCUT2D eigenvalue weighted by atomic mass is 9.53. The standard InChI is InChI=1S/C22H26F2O3/c1-3-22(27)9-7-17-14-5-4-12-10-13(25)11-16(19(26)20(23)24)18(12)15(14)6-8-21(17,22)2/h1,10-11,14-15,17,19-20,25-27H,4-9H2,2H3. The molecule has 4 rings (SSSR count). The SMILES string of the molecule is C#CC1(O)CCC2C3CCc4cc(O)cc(C(O)C(F)F)c4C3CCC21C. The molecule has 0 aromatic heterocycles. The van der Waals surface area contributed by atoms with Crippen LogP contribution in [0.15, 0.2) is 12.1 Å². The number of benzene rings is 1. The summed E-state index contributed by atoms with van der Waals surface area (Å²) in [6.45, 7) is 2.07. The Balaban J connectivity index is 1.78. The second-order valence-electron chi connectivity index (χ2n) is 8.80. The van der Waals surface area contributed by atoms with Crippen LogP contribution in [0.5, 0.6) is 5.75 Å². The predicted octanol–water partition coefficient (Wildman–Crippen LogP) is 3.91. The number of rotatable bonds is 2. The van der Waals surface area contributed by atoms with Crippen LogP contribution in [0.1, 0.15) is 67.7 Å². The highest BCUT2D eigenvalue weighted by atomic mass is 19.3. The van der Waals surface area contributed by atoms with E-state index in [1.165, 1.54) is 6.07 Å². The van der Waals surface area contributed by atoms with E-state index in [9.17, 15) is 24.1 Å². The van der Waals surface area contributed by atoms with Gasteiger partial charge in [0.2, 0.25) is 0 Å². The predicted molar refractivity (Wildman–Crippen MR) is 97.5 cm³/mol. The molecule has 0 heterocycles. The van der Waals surface area contributed by atoms with Crippen LogP contribution in [-0.2, 0) is 6.42 Å². The zero-order valence-corrected chi connectivity index (χ0v) is 15.5. The molecule has 0 saturated heterocycles. The average Bonchev–Trinajstić information content (AvgIpc) is 2.91. The molecule has 0 aliphatic heterocycles. The van der Waals surface area contributed by atoms with Crippen LogP contribution in [0.3, 0.4) is 0 Å². The molecule has 146 valence electrons. The lowest BCUT2D eigenvalue weighted by Crippen LogP contribution is -2.50. The van der Waals surface area contributed by atoms with E-state index in [0.29, 0.717) is 12.8 Å². The molecule has 6 unspecified atom stereocenters. The van der Waals surface area contributed by atoms with Gasteiger partial charge >= 0.3 is 0 Å². The van der Waals surface area contributed by atoms with Gasteiger partial charge in [-0.2, -0.15) is 0 Å². The number of aromatic hydroxyl groups is 1. The van der Waals surface area contributed by atoms with Gasteiger partial charge in [-0.1, -0.05) is 12.8 Å². The molecule has 0 radical (unpaired) electrons. The summed E-state index contributed by atoms with van der Waals surface area (Å²) in [5.74, 6) is 3.08. The molecule has 27 heavy (non-hydrogen) atoms. The Morgan fingerprint density at radius 3 is 2.63 bits per heavy atom. The van der Waals surface area contributed by atoms with Gasteiger partial charge in [0.1, 0.15) is 17.5 Å². The molecule has 0 amide bonds. The summed E-state index contributed by atoms with van der Waals surface area (Å²) in [6, 6.07) is 2.94. The number of fused-ring (bicyclic) bond motifs is 5. The van der Waals surface area contributed by atoms with Crippen molar-refractivity contribution in [2.75, 3.05) is 0 Å². The smallest absolute Gasteiger partial charge is 0.268 e. The van der Waals surface area contributed by atoms with Gasteiger partial charge in [0.15, 0.2) is 0 Å². The molecule has 3 aliphatic carbocycles. The second-order valence-corrected chi connectivity index (χ2v) is 8.80. The minimum absolute atomic E-state index is 0.0518. The fourth-order valence-corrected chi connectivity index (χ4v) is 6.38. The number of aryl methyl sites for hydroxylation is 1. The lowest BCUT2D eigenvalue weighted by molar-refractivity contribution is -0.0653. The van der Waals surface area contributed by atoms with Crippen LogP contribution in [0, 0.1) is 29.6 Å². The first-order chi connectivity index (χ1) is 12.7. The Kier molecular flexibility index (Phi) is 4.29. The molecule has 3 aliphatic rings. The van der Waals surface area contributed by atoms with Crippen molar-refractivity contribution in [2.45, 2.75) is 69.5 Å². The summed E-state index contributed by atoms with van der Waals surface area (Å²) in [7, 11) is 0. The summed E-state index contributed by atoms with van der Waals surface area (Å²) in [6.07, 6.45) is 5.30. The molecule has 2 saturated carbocycles. The molecule has 5 heteroatoms. The van der Waals surface area contributed by atoms with Crippen molar-refractivity contribution in [1.82, 2.24) is 0 Å². The highest BCUT2D eigenvalue weighted by molar-refractivity contribution is 5.47. The zero-order valence-electron chi connectivity index (χ0n) is 15.5. The van der Waals surface area contributed by atoms with Gasteiger partial charge in [0.05, 0.1) is 0 Å². The van der Waals surface area contributed by atoms with Crippen molar-refractivity contribution in [3.8, 4) is 18.1 Å². The molecular formula is C22H26F2O3. The highest BCUT2D eigenvalue weighted by Gasteiger charge is 2.61. The maximum Gasteiger partial charge on any atom is 0.268 e. The van der Waals surface area contributed by atoms with Crippen molar-refractivity contribution in [3.05, 3.63) is 28.8 Å². The van der Waals surface area contributed by atoms with Gasteiger partial charge < -0.3 is 15.3 Å². The van der Waals surface area contributed by atoms with Gasteiger partial charge in [0, 0.05) is 5.41 Å². The van der Waals surface area contributed by atoms with Crippen LogP contribution in [-0.4, -0.2) is 27.3 Å². The lowest BCUT2D eigenvalue weighted by Gasteiger charge is -2.52. The number of phenolic OH excluding ortho intramolecular Hbond substituents is 1. The van der Waals surface area contributed by atoms with E-state index < -0.39 is 18.1 Å². The van der Waals surface area contributed by atoms with Gasteiger partial charge in [-0.05, 0) is 85.1 Å². The van der Waals surface area contributed by atoms with E-state index in [-0.39, 0.29) is 34.5 Å². The van der Waals surface area contributed by atoms with Crippen molar-refractivity contribution in [2.24, 2.45) is 17.3 Å². The number of halogens is 2. The molecule has 0 bridgehead atoms. The molecule has 0 spiro atoms. The van der Waals surface area contributed by atoms with Gasteiger partial charge in [-0.3, -0.25) is 0 Å². The summed E-state index contributed by atoms with van der Waals surface area (Å²) in [5.41, 5.74) is 0.334. The van der Waals surface area contributed by atoms with Crippen molar-refractivity contribution in [1.29, 1.82) is 0 Å². The minimum Gasteiger partial charge on any atom is -0.508 e. The Morgan fingerprint density at radius 1 is 1.22 bits per heavy atom. The van der Waals surface area contributed by atoms with E-state index in [1.807, 2.05) is 0 Å². The second kappa shape index (κ2) is 6.18. The number of aliphatic hydroxyl groups is 2. The molecule has 6 atom stereocenters. The van der Waals surface area contributed by atoms with E-state index in [2.05, 4.69) is 12.8 Å². The number of alkyl halides is 2. The average molecular weight is 376 g/mol. The van der Waals surface area contributed by atoms with Crippen LogP contribution in [0.2, 0.25) is 0 Å².